The molecule has 0 atom stereocenters. The van der Waals surface area contributed by atoms with Gasteiger partial charge in [-0.05, 0) is 33.6 Å². The minimum Gasteiger partial charge on any atom is -0.339 e. The van der Waals surface area contributed by atoms with Gasteiger partial charge < -0.3 is 4.90 Å². The lowest BCUT2D eigenvalue weighted by molar-refractivity contribution is -0.126. The molecular formula is C14H25NO. The quantitative estimate of drug-likeness (QED) is 0.716. The summed E-state index contributed by atoms with van der Waals surface area (Å²) in [6.45, 7) is 11.7. The zero-order valence-corrected chi connectivity index (χ0v) is 11.3. The second-order valence-electron chi connectivity index (χ2n) is 3.67. The van der Waals surface area contributed by atoms with Gasteiger partial charge in [0.25, 0.3) is 5.91 Å². The van der Waals surface area contributed by atoms with Gasteiger partial charge in [-0.25, -0.2) is 0 Å². The maximum Gasteiger partial charge on any atom is 0.253 e. The molecule has 1 rings (SSSR count). The number of likely N-dealkylation sites (N-methyl/N-ethyl adjacent to an activating group) is 1. The van der Waals surface area contributed by atoms with Gasteiger partial charge in [-0.15, -0.1) is 0 Å². The molecule has 0 aromatic carbocycles. The van der Waals surface area contributed by atoms with Crippen molar-refractivity contribution in [3.63, 3.8) is 0 Å². The maximum atomic E-state index is 11.9. The first-order valence-corrected chi connectivity index (χ1v) is 6.35. The van der Waals surface area contributed by atoms with Crippen LogP contribution in [0.15, 0.2) is 23.3 Å². The van der Waals surface area contributed by atoms with Crippen molar-refractivity contribution >= 4 is 5.91 Å². The summed E-state index contributed by atoms with van der Waals surface area (Å²) in [6.07, 6.45) is 6.16. The van der Waals surface area contributed by atoms with E-state index in [1.807, 2.05) is 44.7 Å². The van der Waals surface area contributed by atoms with E-state index in [-0.39, 0.29) is 5.91 Å². The van der Waals surface area contributed by atoms with Crippen LogP contribution >= 0.6 is 0 Å². The molecule has 0 aromatic rings. The summed E-state index contributed by atoms with van der Waals surface area (Å²) in [5, 5.41) is 0. The van der Waals surface area contributed by atoms with Crippen LogP contribution in [0.1, 0.15) is 47.5 Å². The molecule has 1 amide bonds. The Kier molecular flexibility index (Phi) is 7.61. The maximum absolute atomic E-state index is 11.9. The zero-order valence-electron chi connectivity index (χ0n) is 11.3. The first-order chi connectivity index (χ1) is 7.69. The number of rotatable bonds is 3. The molecule has 2 nitrogen and oxygen atoms in total. The summed E-state index contributed by atoms with van der Waals surface area (Å²) in [5.74, 6) is 0.175. The number of hydrogen-bond acceptors (Lipinski definition) is 1. The van der Waals surface area contributed by atoms with Gasteiger partial charge in [0.1, 0.15) is 0 Å². The molecule has 0 aliphatic heterocycles. The molecule has 0 unspecified atom stereocenters. The molecule has 2 heteroatoms. The van der Waals surface area contributed by atoms with E-state index in [1.165, 1.54) is 5.57 Å². The van der Waals surface area contributed by atoms with Crippen LogP contribution in [-0.4, -0.2) is 23.9 Å². The van der Waals surface area contributed by atoms with Crippen molar-refractivity contribution in [3.8, 4) is 0 Å². The monoisotopic (exact) mass is 223 g/mol. The van der Waals surface area contributed by atoms with Crippen molar-refractivity contribution in [3.05, 3.63) is 23.3 Å². The van der Waals surface area contributed by atoms with E-state index in [9.17, 15) is 4.79 Å². The average molecular weight is 223 g/mol. The molecule has 0 aromatic heterocycles. The summed E-state index contributed by atoms with van der Waals surface area (Å²) >= 11 is 0. The van der Waals surface area contributed by atoms with Crippen molar-refractivity contribution in [1.29, 1.82) is 0 Å². The van der Waals surface area contributed by atoms with E-state index in [1.54, 1.807) is 0 Å². The van der Waals surface area contributed by atoms with Gasteiger partial charge in [0.05, 0.1) is 0 Å². The lowest BCUT2D eigenvalue weighted by Gasteiger charge is -2.20. The van der Waals surface area contributed by atoms with E-state index in [4.69, 9.17) is 0 Å². The van der Waals surface area contributed by atoms with E-state index in [2.05, 4.69) is 6.92 Å². The van der Waals surface area contributed by atoms with Crippen molar-refractivity contribution in [1.82, 2.24) is 4.90 Å². The van der Waals surface area contributed by atoms with Crippen molar-refractivity contribution in [2.75, 3.05) is 13.1 Å². The third-order valence-electron chi connectivity index (χ3n) is 2.60. The van der Waals surface area contributed by atoms with Gasteiger partial charge in [0, 0.05) is 18.7 Å². The van der Waals surface area contributed by atoms with E-state index < -0.39 is 0 Å². The predicted molar refractivity (Wildman–Crippen MR) is 70.4 cm³/mol. The zero-order chi connectivity index (χ0) is 12.6. The number of amides is 1. The van der Waals surface area contributed by atoms with E-state index >= 15 is 0 Å². The Balaban J connectivity index is 0.00000106. The Morgan fingerprint density at radius 2 is 1.88 bits per heavy atom. The molecule has 0 bridgehead atoms. The molecule has 0 N–H and O–H groups in total. The fraction of sp³-hybridized carbons (Fsp3) is 0.643. The van der Waals surface area contributed by atoms with Crippen molar-refractivity contribution < 1.29 is 4.79 Å². The van der Waals surface area contributed by atoms with Crippen LogP contribution in [0.25, 0.3) is 0 Å². The number of allylic oxidation sites excluding steroid dienone is 2. The van der Waals surface area contributed by atoms with Crippen LogP contribution in [0.4, 0.5) is 0 Å². The molecule has 0 radical (unpaired) electrons. The third-order valence-corrected chi connectivity index (χ3v) is 2.60. The summed E-state index contributed by atoms with van der Waals surface area (Å²) in [4.78, 5) is 13.8. The van der Waals surface area contributed by atoms with Gasteiger partial charge in [0.2, 0.25) is 0 Å². The Labute approximate surface area is 100 Å². The predicted octanol–water partition coefficient (Wildman–Crippen LogP) is 3.55. The molecule has 0 saturated carbocycles. The number of hydrogen-bond donors (Lipinski definition) is 0. The van der Waals surface area contributed by atoms with Gasteiger partial charge in [-0.1, -0.05) is 31.6 Å². The molecule has 16 heavy (non-hydrogen) atoms. The van der Waals surface area contributed by atoms with Crippen molar-refractivity contribution in [2.45, 2.75) is 47.5 Å². The third kappa shape index (κ3) is 4.21. The number of nitrogens with zero attached hydrogens (tertiary/aromatic N) is 1. The molecule has 1 aliphatic carbocycles. The van der Waals surface area contributed by atoms with E-state index in [0.717, 1.165) is 31.5 Å². The largest absolute Gasteiger partial charge is 0.339 e. The molecule has 0 saturated heterocycles. The van der Waals surface area contributed by atoms with Gasteiger partial charge in [0.15, 0.2) is 0 Å². The topological polar surface area (TPSA) is 20.3 Å². The first kappa shape index (κ1) is 14.9. The SMILES string of the molecule is CC.CCN(CC)C(=O)C1=CCCC(C)=C1. The smallest absolute Gasteiger partial charge is 0.253 e. The van der Waals surface area contributed by atoms with Crippen LogP contribution in [0.3, 0.4) is 0 Å². The van der Waals surface area contributed by atoms with Crippen LogP contribution in [0.5, 0.6) is 0 Å². The van der Waals surface area contributed by atoms with Crippen molar-refractivity contribution in [2.24, 2.45) is 0 Å². The molecule has 92 valence electrons. The highest BCUT2D eigenvalue weighted by Gasteiger charge is 2.15. The van der Waals surface area contributed by atoms with Gasteiger partial charge in [-0.2, -0.15) is 0 Å². The molecule has 0 heterocycles. The number of carbonyl (C=O) groups excluding carboxylic acids is 1. The number of carbonyl (C=O) groups is 1. The highest BCUT2D eigenvalue weighted by atomic mass is 16.2. The molecule has 1 aliphatic rings. The van der Waals surface area contributed by atoms with Crippen LogP contribution in [-0.2, 0) is 4.79 Å². The Morgan fingerprint density at radius 3 is 2.31 bits per heavy atom. The normalized spacial score (nSPS) is 14.3. The lowest BCUT2D eigenvalue weighted by Crippen LogP contribution is -2.31. The Hall–Kier alpha value is -1.05. The highest BCUT2D eigenvalue weighted by Crippen LogP contribution is 2.18. The second kappa shape index (κ2) is 8.14. The lowest BCUT2D eigenvalue weighted by atomic mass is 10.00. The summed E-state index contributed by atoms with van der Waals surface area (Å²) in [7, 11) is 0. The highest BCUT2D eigenvalue weighted by molar-refractivity contribution is 5.96. The Morgan fingerprint density at radius 1 is 1.31 bits per heavy atom. The summed E-state index contributed by atoms with van der Waals surface area (Å²) in [6, 6.07) is 0. The standard InChI is InChI=1S/C12H19NO.C2H6/c1-4-13(5-2)12(14)11-8-6-7-10(3)9-11;1-2/h8-9H,4-7H2,1-3H3;1-2H3. The van der Waals surface area contributed by atoms with Crippen LogP contribution < -0.4 is 0 Å². The molecule has 0 spiro atoms. The van der Waals surface area contributed by atoms with Crippen LogP contribution in [0.2, 0.25) is 0 Å². The summed E-state index contributed by atoms with van der Waals surface area (Å²) < 4.78 is 0. The van der Waals surface area contributed by atoms with Gasteiger partial charge in [-0.3, -0.25) is 4.79 Å². The Bertz CT molecular complexity index is 272. The fourth-order valence-electron chi connectivity index (χ4n) is 1.69. The molecule has 0 fully saturated rings. The first-order valence-electron chi connectivity index (χ1n) is 6.35. The van der Waals surface area contributed by atoms with Gasteiger partial charge >= 0.3 is 0 Å². The van der Waals surface area contributed by atoms with Crippen LogP contribution in [0, 0.1) is 0 Å². The molecular weight excluding hydrogens is 198 g/mol. The minimum atomic E-state index is 0.175. The van der Waals surface area contributed by atoms with E-state index in [0.29, 0.717) is 0 Å². The summed E-state index contributed by atoms with van der Waals surface area (Å²) in [5.41, 5.74) is 2.18. The fourth-order valence-corrected chi connectivity index (χ4v) is 1.69. The second-order valence-corrected chi connectivity index (χ2v) is 3.67. The minimum absolute atomic E-state index is 0.175. The average Bonchev–Trinajstić information content (AvgIpc) is 2.33.